The van der Waals surface area contributed by atoms with Gasteiger partial charge in [0.1, 0.15) is 0 Å². The van der Waals surface area contributed by atoms with E-state index in [2.05, 4.69) is 76.7 Å². The van der Waals surface area contributed by atoms with Crippen LogP contribution in [0.2, 0.25) is 0 Å². The fourth-order valence-corrected chi connectivity index (χ4v) is 4.17. The number of unbranched alkanes of at least 4 members (excludes halogenated alkanes) is 4. The molecule has 7 nitrogen and oxygen atoms in total. The molecular formula is C35H67N2NaO5. The molecule has 1 saturated heterocycles. The third-order valence-electron chi connectivity index (χ3n) is 6.20. The summed E-state index contributed by atoms with van der Waals surface area (Å²) >= 11 is 0. The minimum Gasteiger partial charge on any atom is -0.654 e. The minimum absolute atomic E-state index is 0. The van der Waals surface area contributed by atoms with Gasteiger partial charge in [-0.2, -0.15) is 0 Å². The first-order valence-corrected chi connectivity index (χ1v) is 16.6. The van der Waals surface area contributed by atoms with Crippen LogP contribution in [0.15, 0.2) is 24.0 Å². The van der Waals surface area contributed by atoms with Crippen molar-refractivity contribution in [1.82, 2.24) is 4.90 Å². The number of ether oxygens (including phenoxy) is 2. The molecule has 3 unspecified atom stereocenters. The summed E-state index contributed by atoms with van der Waals surface area (Å²) in [6.45, 7) is 21.0. The van der Waals surface area contributed by atoms with Crippen LogP contribution in [0.3, 0.4) is 0 Å². The van der Waals surface area contributed by atoms with E-state index < -0.39 is 0 Å². The summed E-state index contributed by atoms with van der Waals surface area (Å²) in [4.78, 5) is 33.9. The van der Waals surface area contributed by atoms with Crippen LogP contribution in [0.25, 0.3) is 5.32 Å². The summed E-state index contributed by atoms with van der Waals surface area (Å²) in [5.41, 5.74) is 0. The van der Waals surface area contributed by atoms with Gasteiger partial charge in [-0.1, -0.05) is 86.8 Å². The average molecular weight is 619 g/mol. The predicted molar refractivity (Wildman–Crippen MR) is 178 cm³/mol. The zero-order valence-corrected chi connectivity index (χ0v) is 32.2. The van der Waals surface area contributed by atoms with E-state index in [4.69, 9.17) is 9.53 Å². The van der Waals surface area contributed by atoms with Gasteiger partial charge in [-0.05, 0) is 69.8 Å². The van der Waals surface area contributed by atoms with E-state index in [1.54, 1.807) is 4.90 Å². The molecule has 1 saturated carbocycles. The standard InChI is InChI=1S/C16H28O.C11H20N2O2.C4H10.C2H4O2.C2H6.Na/c1-4-7-8-9-10-12-14-13-15(14)16(11-5-2)17-6-3;1-3-4-7-10(14)13-8-5-6-9(13)11(15)12-2;1-4(2)3;1-4-2-3;1-2;/h10-12,14-15H,4-9,13H2,1-3H3;9H,3-8H2,1-2H3,(H,12,15);4H,1-3H3;2H,1H3;1-2H3;/q;;;;;+1/p-1/b12-10-,16-11+;;;;;. The first-order chi connectivity index (χ1) is 20.2. The Kier molecular flexibility index (Phi) is 39.7. The summed E-state index contributed by atoms with van der Waals surface area (Å²) in [5, 5.41) is 3.65. The van der Waals surface area contributed by atoms with Gasteiger partial charge < -0.3 is 24.5 Å². The van der Waals surface area contributed by atoms with Gasteiger partial charge in [0.25, 0.3) is 6.47 Å². The summed E-state index contributed by atoms with van der Waals surface area (Å²) < 4.78 is 9.57. The molecule has 3 atom stereocenters. The third-order valence-corrected chi connectivity index (χ3v) is 6.20. The molecule has 1 aliphatic carbocycles. The van der Waals surface area contributed by atoms with Gasteiger partial charge in [-0.15, -0.1) is 7.05 Å². The number of amides is 2. The van der Waals surface area contributed by atoms with Gasteiger partial charge in [0.05, 0.1) is 31.4 Å². The van der Waals surface area contributed by atoms with Crippen molar-refractivity contribution in [2.75, 3.05) is 27.3 Å². The Morgan fingerprint density at radius 1 is 1.02 bits per heavy atom. The normalized spacial score (nSPS) is 18.2. The Labute approximate surface area is 288 Å². The van der Waals surface area contributed by atoms with Crippen LogP contribution in [0.4, 0.5) is 0 Å². The largest absolute Gasteiger partial charge is 1.00 e. The van der Waals surface area contributed by atoms with Gasteiger partial charge in [-0.3, -0.25) is 9.59 Å². The number of rotatable bonds is 14. The van der Waals surface area contributed by atoms with Gasteiger partial charge in [-0.25, -0.2) is 0 Å². The Hall–Kier alpha value is -1.31. The van der Waals surface area contributed by atoms with Crippen molar-refractivity contribution in [3.05, 3.63) is 29.3 Å². The van der Waals surface area contributed by atoms with Gasteiger partial charge in [0.2, 0.25) is 5.91 Å². The van der Waals surface area contributed by atoms with E-state index in [0.29, 0.717) is 25.4 Å². The fourth-order valence-electron chi connectivity index (χ4n) is 4.17. The third kappa shape index (κ3) is 27.9. The van der Waals surface area contributed by atoms with Crippen molar-refractivity contribution in [3.8, 4) is 0 Å². The number of methoxy groups -OCH3 is 1. The van der Waals surface area contributed by atoms with E-state index >= 15 is 0 Å². The van der Waals surface area contributed by atoms with Crippen LogP contribution in [0.5, 0.6) is 0 Å². The first-order valence-electron chi connectivity index (χ1n) is 16.6. The van der Waals surface area contributed by atoms with Crippen LogP contribution < -0.4 is 29.6 Å². The average Bonchev–Trinajstić information content (AvgIpc) is 3.59. The van der Waals surface area contributed by atoms with Crippen molar-refractivity contribution >= 4 is 18.3 Å². The summed E-state index contributed by atoms with van der Waals surface area (Å²) in [6, 6.07) is -0.278. The molecule has 1 heterocycles. The SMILES string of the molecule is CC.CC(C)C.CC/C=C(/OCC)C1CC1/C=C\CCCCC.CCCCC(=O)N1CCCC1C(=O)[N-]C.COC=O.[Na+]. The Bertz CT molecular complexity index is 710. The summed E-state index contributed by atoms with van der Waals surface area (Å²) in [6.07, 6.45) is 18.8. The van der Waals surface area contributed by atoms with Crippen molar-refractivity contribution in [2.24, 2.45) is 17.8 Å². The molecule has 2 fully saturated rings. The molecule has 248 valence electrons. The summed E-state index contributed by atoms with van der Waals surface area (Å²) in [5.74, 6) is 3.45. The van der Waals surface area contributed by atoms with Crippen LogP contribution in [0, 0.1) is 17.8 Å². The number of carbonyl (C=O) groups is 3. The van der Waals surface area contributed by atoms with Crippen molar-refractivity contribution in [3.63, 3.8) is 0 Å². The number of hydrogen-bond acceptors (Lipinski definition) is 5. The molecule has 0 N–H and O–H groups in total. The van der Waals surface area contributed by atoms with Crippen LogP contribution >= 0.6 is 0 Å². The zero-order valence-electron chi connectivity index (χ0n) is 30.2. The first kappa shape index (κ1) is 48.6. The maximum absolute atomic E-state index is 11.8. The quantitative estimate of drug-likeness (QED) is 0.0753. The smallest absolute Gasteiger partial charge is 0.654 e. The molecule has 0 aromatic rings. The van der Waals surface area contributed by atoms with Gasteiger partial charge >= 0.3 is 29.6 Å². The molecule has 0 radical (unpaired) electrons. The number of allylic oxidation sites excluding steroid dienone is 4. The molecule has 1 aliphatic heterocycles. The molecule has 43 heavy (non-hydrogen) atoms. The fraction of sp³-hybridized carbons (Fsp3) is 0.800. The predicted octanol–water partition coefficient (Wildman–Crippen LogP) is 6.27. The second-order valence-corrected chi connectivity index (χ2v) is 10.9. The maximum atomic E-state index is 11.8. The molecule has 2 aliphatic rings. The second kappa shape index (κ2) is 35.2. The topological polar surface area (TPSA) is 87.0 Å². The number of carbonyl (C=O) groups excluding carboxylic acids is 3. The number of likely N-dealkylation sites (tertiary alicyclic amines) is 1. The van der Waals surface area contributed by atoms with E-state index in [1.807, 2.05) is 13.8 Å². The van der Waals surface area contributed by atoms with Crippen molar-refractivity contribution in [2.45, 2.75) is 139 Å². The maximum Gasteiger partial charge on any atom is 1.00 e. The van der Waals surface area contributed by atoms with Crippen molar-refractivity contribution in [1.29, 1.82) is 0 Å². The van der Waals surface area contributed by atoms with E-state index in [1.165, 1.54) is 52.0 Å². The van der Waals surface area contributed by atoms with E-state index in [-0.39, 0.29) is 47.4 Å². The molecular weight excluding hydrogens is 551 g/mol. The zero-order chi connectivity index (χ0) is 32.8. The van der Waals surface area contributed by atoms with Crippen LogP contribution in [-0.2, 0) is 23.9 Å². The van der Waals surface area contributed by atoms with Crippen LogP contribution in [-0.4, -0.2) is 56.5 Å². The minimum atomic E-state index is -0.278. The van der Waals surface area contributed by atoms with E-state index in [9.17, 15) is 9.59 Å². The molecule has 0 spiro atoms. The molecule has 8 heteroatoms. The molecule has 0 aromatic heterocycles. The number of likely N-dealkylation sites (N-methyl/N-ethyl adjacent to an activating group) is 1. The number of nitrogens with zero attached hydrogens (tertiary/aromatic N) is 2. The van der Waals surface area contributed by atoms with Gasteiger partial charge in [0.15, 0.2) is 0 Å². The molecule has 2 rings (SSSR count). The molecule has 0 aromatic carbocycles. The molecule has 2 amide bonds. The Morgan fingerprint density at radius 3 is 2.07 bits per heavy atom. The number of hydrogen-bond donors (Lipinski definition) is 0. The summed E-state index contributed by atoms with van der Waals surface area (Å²) in [7, 11) is 2.81. The van der Waals surface area contributed by atoms with Crippen molar-refractivity contribution < 1.29 is 53.4 Å². The second-order valence-electron chi connectivity index (χ2n) is 10.9. The van der Waals surface area contributed by atoms with E-state index in [0.717, 1.165) is 50.5 Å². The van der Waals surface area contributed by atoms with Gasteiger partial charge in [0, 0.05) is 18.9 Å². The van der Waals surface area contributed by atoms with Crippen LogP contribution in [0.1, 0.15) is 133 Å². The molecule has 0 bridgehead atoms. The monoisotopic (exact) mass is 618 g/mol. The Morgan fingerprint density at radius 2 is 1.60 bits per heavy atom. The Balaban J connectivity index is -0.000000267.